The smallest absolute Gasteiger partial charge is 0.254 e. The molecule has 0 saturated heterocycles. The standard InChI is InChI=1S/C8H11O2PS2.Zr/c1-2-7-5-3-4-6-8(7)12-13-11(9)10;/h3-6,11H,2H2,1H3,(H,9,10);. The minimum atomic E-state index is -2.43. The Morgan fingerprint density at radius 2 is 2.07 bits per heavy atom. The topological polar surface area (TPSA) is 37.3 Å². The number of rotatable bonds is 4. The van der Waals surface area contributed by atoms with Crippen LogP contribution in [0.1, 0.15) is 12.5 Å². The molecule has 6 heteroatoms. The Morgan fingerprint density at radius 1 is 1.43 bits per heavy atom. The molecule has 0 amide bonds. The molecule has 1 atom stereocenters. The minimum absolute atomic E-state index is 0. The van der Waals surface area contributed by atoms with Crippen molar-refractivity contribution in [3.05, 3.63) is 29.8 Å². The third-order valence-electron chi connectivity index (χ3n) is 1.56. The Balaban J connectivity index is 0.00000169. The molecule has 1 aromatic rings. The van der Waals surface area contributed by atoms with Crippen molar-refractivity contribution >= 4 is 28.4 Å². The first-order valence-electron chi connectivity index (χ1n) is 3.89. The van der Waals surface area contributed by atoms with Gasteiger partial charge in [0.1, 0.15) is 0 Å². The molecule has 1 unspecified atom stereocenters. The summed E-state index contributed by atoms with van der Waals surface area (Å²) < 4.78 is 10.5. The number of hydrogen-bond donors (Lipinski definition) is 1. The molecule has 0 radical (unpaired) electrons. The van der Waals surface area contributed by atoms with Crippen molar-refractivity contribution in [3.8, 4) is 0 Å². The summed E-state index contributed by atoms with van der Waals surface area (Å²) in [6.45, 7) is 2.08. The number of benzene rings is 1. The van der Waals surface area contributed by atoms with Gasteiger partial charge < -0.3 is 4.89 Å². The molecule has 0 aliphatic heterocycles. The quantitative estimate of drug-likeness (QED) is 0.680. The molecule has 0 aromatic heterocycles. The molecule has 0 saturated carbocycles. The zero-order chi connectivity index (χ0) is 9.68. The summed E-state index contributed by atoms with van der Waals surface area (Å²) in [5, 5.41) is 0. The second-order valence-electron chi connectivity index (χ2n) is 2.39. The fourth-order valence-electron chi connectivity index (χ4n) is 0.958. The van der Waals surface area contributed by atoms with Crippen LogP contribution in [0.3, 0.4) is 0 Å². The third kappa shape index (κ3) is 5.18. The van der Waals surface area contributed by atoms with Crippen LogP contribution in [0.2, 0.25) is 0 Å². The van der Waals surface area contributed by atoms with Gasteiger partial charge in [0, 0.05) is 41.5 Å². The number of hydrogen-bond acceptors (Lipinski definition) is 3. The van der Waals surface area contributed by atoms with Gasteiger partial charge in [0.25, 0.3) is 7.23 Å². The molecule has 0 spiro atoms. The van der Waals surface area contributed by atoms with Crippen molar-refractivity contribution in [2.75, 3.05) is 0 Å². The van der Waals surface area contributed by atoms with E-state index in [4.69, 9.17) is 4.89 Å². The average molecular weight is 326 g/mol. The van der Waals surface area contributed by atoms with E-state index in [1.54, 1.807) is 0 Å². The van der Waals surface area contributed by atoms with Crippen molar-refractivity contribution in [1.29, 1.82) is 0 Å². The molecule has 0 aliphatic rings. The van der Waals surface area contributed by atoms with Crippen LogP contribution in [0.4, 0.5) is 0 Å². The van der Waals surface area contributed by atoms with Gasteiger partial charge in [0.2, 0.25) is 0 Å². The molecule has 1 N–H and O–H groups in total. The van der Waals surface area contributed by atoms with Gasteiger partial charge in [-0.05, 0) is 28.8 Å². The molecular formula is C8H11O2PS2Zr. The van der Waals surface area contributed by atoms with E-state index >= 15 is 0 Å². The molecule has 0 fully saturated rings. The van der Waals surface area contributed by atoms with Crippen LogP contribution in [0, 0.1) is 0 Å². The summed E-state index contributed by atoms with van der Waals surface area (Å²) in [5.74, 6) is 0. The molecule has 1 rings (SSSR count). The first kappa shape index (κ1) is 15.0. The van der Waals surface area contributed by atoms with Crippen molar-refractivity contribution < 1.29 is 35.7 Å². The van der Waals surface area contributed by atoms with E-state index in [1.807, 2.05) is 24.3 Å². The van der Waals surface area contributed by atoms with E-state index < -0.39 is 7.23 Å². The van der Waals surface area contributed by atoms with Crippen LogP contribution >= 0.6 is 28.4 Å². The Labute approximate surface area is 111 Å². The van der Waals surface area contributed by atoms with Gasteiger partial charge in [-0.15, -0.1) is 0 Å². The molecule has 0 heterocycles. The summed E-state index contributed by atoms with van der Waals surface area (Å²) >= 11 is 0. The van der Waals surface area contributed by atoms with E-state index in [1.165, 1.54) is 16.4 Å². The fourth-order valence-corrected chi connectivity index (χ4v) is 3.99. The van der Waals surface area contributed by atoms with Crippen molar-refractivity contribution in [2.45, 2.75) is 18.2 Å². The summed E-state index contributed by atoms with van der Waals surface area (Å²) in [6.07, 6.45) is 0.954. The molecule has 2 nitrogen and oxygen atoms in total. The van der Waals surface area contributed by atoms with Crippen molar-refractivity contribution in [3.63, 3.8) is 0 Å². The fraction of sp³-hybridized carbons (Fsp3) is 0.250. The second kappa shape index (κ2) is 8.18. The zero-order valence-electron chi connectivity index (χ0n) is 7.69. The Bertz CT molecular complexity index is 309. The Morgan fingerprint density at radius 3 is 2.64 bits per heavy atom. The van der Waals surface area contributed by atoms with Gasteiger partial charge >= 0.3 is 0 Å². The van der Waals surface area contributed by atoms with Crippen LogP contribution < -0.4 is 0 Å². The summed E-state index contributed by atoms with van der Waals surface area (Å²) in [5.41, 5.74) is 1.23. The van der Waals surface area contributed by atoms with E-state index in [0.29, 0.717) is 0 Å². The van der Waals surface area contributed by atoms with Gasteiger partial charge in [-0.25, -0.2) is 0 Å². The minimum Gasteiger partial charge on any atom is -0.338 e. The van der Waals surface area contributed by atoms with Gasteiger partial charge in [0.05, 0.1) is 0 Å². The first-order valence-corrected chi connectivity index (χ1v) is 8.12. The van der Waals surface area contributed by atoms with Crippen LogP contribution in [0.15, 0.2) is 29.2 Å². The summed E-state index contributed by atoms with van der Waals surface area (Å²) in [7, 11) is -0.0156. The zero-order valence-corrected chi connectivity index (χ0v) is 12.8. The maximum absolute atomic E-state index is 10.5. The van der Waals surface area contributed by atoms with E-state index in [2.05, 4.69) is 6.92 Å². The molecule has 0 bridgehead atoms. The van der Waals surface area contributed by atoms with E-state index in [0.717, 1.165) is 21.7 Å². The van der Waals surface area contributed by atoms with Crippen LogP contribution in [-0.4, -0.2) is 4.89 Å². The van der Waals surface area contributed by atoms with E-state index in [9.17, 15) is 4.57 Å². The summed E-state index contributed by atoms with van der Waals surface area (Å²) in [6, 6.07) is 7.94. The predicted molar refractivity (Wildman–Crippen MR) is 60.5 cm³/mol. The number of aryl methyl sites for hydroxylation is 1. The van der Waals surface area contributed by atoms with Crippen LogP contribution in [0.25, 0.3) is 0 Å². The normalized spacial score (nSPS) is 11.9. The SMILES string of the molecule is CCc1ccccc1SS[PH](=O)O.[Zr]. The maximum atomic E-state index is 10.5. The maximum Gasteiger partial charge on any atom is 0.254 e. The Hall–Kier alpha value is 0.993. The van der Waals surface area contributed by atoms with Gasteiger partial charge in [-0.3, -0.25) is 4.57 Å². The van der Waals surface area contributed by atoms with Gasteiger partial charge in [0.15, 0.2) is 0 Å². The second-order valence-corrected chi connectivity index (χ2v) is 7.25. The van der Waals surface area contributed by atoms with Gasteiger partial charge in [-0.1, -0.05) is 25.1 Å². The molecule has 0 aliphatic carbocycles. The molecule has 14 heavy (non-hydrogen) atoms. The molecular weight excluding hydrogens is 314 g/mol. The van der Waals surface area contributed by atoms with E-state index in [-0.39, 0.29) is 26.2 Å². The van der Waals surface area contributed by atoms with Crippen molar-refractivity contribution in [2.24, 2.45) is 0 Å². The Kier molecular flexibility index (Phi) is 8.76. The largest absolute Gasteiger partial charge is 0.338 e. The van der Waals surface area contributed by atoms with Crippen LogP contribution in [-0.2, 0) is 37.2 Å². The molecule has 76 valence electrons. The third-order valence-corrected chi connectivity index (χ3v) is 5.61. The predicted octanol–water partition coefficient (Wildman–Crippen LogP) is 3.37. The molecule has 1 aromatic carbocycles. The average Bonchev–Trinajstić information content (AvgIpc) is 2.15. The van der Waals surface area contributed by atoms with Crippen LogP contribution in [0.5, 0.6) is 0 Å². The monoisotopic (exact) mass is 324 g/mol. The van der Waals surface area contributed by atoms with Crippen molar-refractivity contribution in [1.82, 2.24) is 0 Å². The summed E-state index contributed by atoms with van der Waals surface area (Å²) in [4.78, 5) is 9.75. The van der Waals surface area contributed by atoms with Gasteiger partial charge in [-0.2, -0.15) is 0 Å². The first-order chi connectivity index (χ1) is 6.24.